The van der Waals surface area contributed by atoms with Crippen molar-refractivity contribution in [3.8, 4) is 11.5 Å². The summed E-state index contributed by atoms with van der Waals surface area (Å²) in [5, 5.41) is 17.5. The van der Waals surface area contributed by atoms with Gasteiger partial charge in [0.15, 0.2) is 0 Å². The number of nitrogens with zero attached hydrogens (tertiary/aromatic N) is 6. The van der Waals surface area contributed by atoms with Crippen molar-refractivity contribution in [3.63, 3.8) is 0 Å². The third-order valence-corrected chi connectivity index (χ3v) is 19.4. The summed E-state index contributed by atoms with van der Waals surface area (Å²) in [6, 6.07) is 14.5. The third kappa shape index (κ3) is 67.9. The first-order chi connectivity index (χ1) is 59.3. The van der Waals surface area contributed by atoms with Crippen molar-refractivity contribution in [2.75, 3.05) is 149 Å². The van der Waals surface area contributed by atoms with Gasteiger partial charge in [-0.15, -0.1) is 52.6 Å². The predicted molar refractivity (Wildman–Crippen MR) is 536 cm³/mol. The number of amides is 4. The minimum Gasteiger partial charge on any atom is -0.502 e. The van der Waals surface area contributed by atoms with E-state index in [0.717, 1.165) is 167 Å². The summed E-state index contributed by atoms with van der Waals surface area (Å²) in [6.45, 7) is 102. The highest BCUT2D eigenvalue weighted by molar-refractivity contribution is 5.99. The molecule has 4 amide bonds. The smallest absolute Gasteiger partial charge is 0.247 e. The van der Waals surface area contributed by atoms with Gasteiger partial charge in [0.2, 0.25) is 29.5 Å². The van der Waals surface area contributed by atoms with Gasteiger partial charge in [-0.3, -0.25) is 38.8 Å². The van der Waals surface area contributed by atoms with E-state index >= 15 is 0 Å². The fourth-order valence-electron chi connectivity index (χ4n) is 13.3. The summed E-state index contributed by atoms with van der Waals surface area (Å²) in [5.74, 6) is 3.03. The normalized spacial score (nSPS) is 16.9. The first kappa shape index (κ1) is 119. The first-order valence-corrected chi connectivity index (χ1v) is 44.5. The lowest BCUT2D eigenvalue weighted by Gasteiger charge is -2.34. The molecule has 5 aliphatic rings. The molecular weight excluding hydrogens is 1550 g/mol. The maximum atomic E-state index is 11.7. The summed E-state index contributed by atoms with van der Waals surface area (Å²) in [7, 11) is 1.92. The van der Waals surface area contributed by atoms with E-state index in [1.807, 2.05) is 76.4 Å². The number of benzene rings is 2. The number of carbonyl (C=O) groups excluding carboxylic acids is 4. The maximum absolute atomic E-state index is 11.7. The Hall–Kier alpha value is -9.51. The second-order valence-electron chi connectivity index (χ2n) is 32.1. The van der Waals surface area contributed by atoms with E-state index in [9.17, 15) is 19.2 Å². The summed E-state index contributed by atoms with van der Waals surface area (Å²) in [5.41, 5.74) is 5.78. The molecule has 124 heavy (non-hydrogen) atoms. The standard InChI is InChI=1S/C21H34N2O2.C18H16N2O3.C11H19N.C10H17NO.C9H15N.C8H17NO.C8H15N.C7H13N.C6H13NO.C6H11N/c1-14(2)20(24)22-18-9-5-16(6-10-18)13-17-7-11-19(12-8-17)23-21(25)15(3)4;1-3-17(21)19-13-5-9-15(10-6-13)23-16-11-7-14(8-12-16)20-18(22)4-2;1-6-7-12(8-10(2)3)9-11(4)5;1-7(2)9-11-10(4,5)6-8(3)12-9;1-4-7-10(8-5-2)9-6-3;1-4-9(5-2)7-8-10-6-3;1-2-6-9-7-4-3-5-8-9;1-2-5-8-6-3-4-7-8;1-3-8-6-4-5-7-2;1-3-5-7-6-4-2/h16-19H,1,3,5-13H2,2,4H3,(H,22,24)(H,23,25);3-12H,1-2H2,(H,19,21)(H,20,22);6H,1-2,4,7-9H2,3,5H3;8H,1,6H2,2-5H3;4-6H,1-3,7-9H2;6H,3-5,7-8H2,1-2H3;2H,1,3-8H2;2H,1,3-7H2;3,7H,1,4-6H2,2H3;3-4,7H,1-2,5-6H2. The van der Waals surface area contributed by atoms with Crippen LogP contribution in [0.4, 0.5) is 11.4 Å². The van der Waals surface area contributed by atoms with Crippen LogP contribution >= 0.6 is 0 Å². The summed E-state index contributed by atoms with van der Waals surface area (Å²) in [4.78, 5) is 61.9. The molecule has 694 valence electrons. The van der Waals surface area contributed by atoms with Gasteiger partial charge in [-0.25, -0.2) is 4.99 Å². The highest BCUT2D eigenvalue weighted by atomic mass is 16.5. The van der Waals surface area contributed by atoms with Gasteiger partial charge in [-0.05, 0) is 271 Å². The van der Waals surface area contributed by atoms with E-state index in [4.69, 9.17) is 18.9 Å². The van der Waals surface area contributed by atoms with E-state index < -0.39 is 0 Å². The minimum absolute atomic E-state index is 0.00131. The number of nitrogens with one attached hydrogen (secondary N) is 6. The SMILES string of the molecule is C=C(C)C(=O)NC1CCC(CC2CCC(NC(=O)C(=C)C)CC2)CC1.C=C(C)C1=NC(C)(C)CC(C)O1.C=CC(=O)Nc1ccc(Oc2ccc(NC(=O)C=C)cc2)cc1.C=CCN(CC(=C)C)CC(=C)C.C=CCN(CC=C)CC=C.C=CCN1CCCC1.C=CCN1CCCCC1.C=CCNCC=C.C=COCCCNC.C=COCCN(CC)CC. The number of rotatable bonds is 44. The number of hydrogen-bond acceptors (Lipinski definition) is 16. The van der Waals surface area contributed by atoms with Gasteiger partial charge >= 0.3 is 0 Å². The number of hydrogen-bond donors (Lipinski definition) is 6. The molecule has 2 aromatic rings. The van der Waals surface area contributed by atoms with Gasteiger partial charge in [0.05, 0.1) is 37.4 Å². The van der Waals surface area contributed by atoms with Crippen LogP contribution < -0.4 is 36.6 Å². The van der Waals surface area contributed by atoms with Crippen LogP contribution in [0.2, 0.25) is 0 Å². The van der Waals surface area contributed by atoms with Gasteiger partial charge in [0, 0.05) is 119 Å². The molecule has 2 saturated carbocycles. The van der Waals surface area contributed by atoms with E-state index in [0.29, 0.717) is 46.1 Å². The van der Waals surface area contributed by atoms with Crippen molar-refractivity contribution in [1.82, 2.24) is 45.8 Å². The van der Waals surface area contributed by atoms with Crippen LogP contribution in [0.5, 0.6) is 11.5 Å². The number of likely N-dealkylation sites (N-methyl/N-ethyl adjacent to an activating group) is 1. The van der Waals surface area contributed by atoms with Crippen LogP contribution in [0.3, 0.4) is 0 Å². The van der Waals surface area contributed by atoms with Gasteiger partial charge < -0.3 is 55.7 Å². The predicted octanol–water partition coefficient (Wildman–Crippen LogP) is 20.7. The van der Waals surface area contributed by atoms with Crippen molar-refractivity contribution in [2.24, 2.45) is 16.8 Å². The number of likely N-dealkylation sites (tertiary alicyclic amines) is 2. The quantitative estimate of drug-likeness (QED) is 0.0158. The molecule has 3 aliphatic heterocycles. The number of ether oxygens (including phenoxy) is 4. The molecule has 7 rings (SSSR count). The highest BCUT2D eigenvalue weighted by Gasteiger charge is 2.30. The molecule has 0 bridgehead atoms. The third-order valence-electron chi connectivity index (χ3n) is 19.4. The van der Waals surface area contributed by atoms with E-state index in [2.05, 4.69) is 208 Å². The van der Waals surface area contributed by atoms with E-state index in [-0.39, 0.29) is 35.3 Å². The van der Waals surface area contributed by atoms with Crippen LogP contribution in [0.15, 0.2) is 267 Å². The molecule has 2 saturated heterocycles. The van der Waals surface area contributed by atoms with Crippen LogP contribution in [-0.4, -0.2) is 216 Å². The van der Waals surface area contributed by atoms with E-state index in [1.165, 1.54) is 126 Å². The van der Waals surface area contributed by atoms with Crippen molar-refractivity contribution in [3.05, 3.63) is 262 Å². The average molecular weight is 1720 g/mol. The summed E-state index contributed by atoms with van der Waals surface area (Å²) < 4.78 is 21.1. The number of anilines is 2. The molecule has 20 heteroatoms. The summed E-state index contributed by atoms with van der Waals surface area (Å²) in [6.07, 6.45) is 40.3. The van der Waals surface area contributed by atoms with Crippen molar-refractivity contribution < 1.29 is 38.1 Å². The molecule has 20 nitrogen and oxygen atoms in total. The maximum Gasteiger partial charge on any atom is 0.247 e. The lowest BCUT2D eigenvalue weighted by atomic mass is 9.75. The molecule has 3 heterocycles. The molecule has 1 unspecified atom stereocenters. The van der Waals surface area contributed by atoms with Crippen molar-refractivity contribution in [1.29, 1.82) is 0 Å². The van der Waals surface area contributed by atoms with Crippen LogP contribution in [0, 0.1) is 11.8 Å². The van der Waals surface area contributed by atoms with E-state index in [1.54, 1.807) is 62.4 Å². The lowest BCUT2D eigenvalue weighted by Crippen LogP contribution is -2.39. The Morgan fingerprint density at radius 1 is 0.524 bits per heavy atom. The zero-order chi connectivity index (χ0) is 93.7. The van der Waals surface area contributed by atoms with Crippen molar-refractivity contribution >= 4 is 40.9 Å². The van der Waals surface area contributed by atoms with Crippen LogP contribution in [-0.2, 0) is 33.4 Å². The van der Waals surface area contributed by atoms with Crippen LogP contribution in [0.1, 0.15) is 172 Å². The molecule has 0 spiro atoms. The Kier molecular flexibility index (Phi) is 74.8. The van der Waals surface area contributed by atoms with Crippen LogP contribution in [0.25, 0.3) is 0 Å². The van der Waals surface area contributed by atoms with Gasteiger partial charge in [0.25, 0.3) is 0 Å². The Balaban J connectivity index is -0.00000136. The molecular formula is C104H170N12O8. The molecule has 6 N–H and O–H groups in total. The Labute approximate surface area is 754 Å². The average Bonchev–Trinajstić information content (AvgIpc) is 0.837. The number of aliphatic imine (C=N–C) groups is 1. The van der Waals surface area contributed by atoms with Crippen molar-refractivity contribution in [2.45, 2.75) is 196 Å². The molecule has 4 fully saturated rings. The van der Waals surface area contributed by atoms with Gasteiger partial charge in [-0.2, -0.15) is 0 Å². The zero-order valence-electron chi connectivity index (χ0n) is 79.4. The molecule has 2 aliphatic carbocycles. The molecule has 0 radical (unpaired) electrons. The lowest BCUT2D eigenvalue weighted by molar-refractivity contribution is -0.119. The fraction of sp³-hybridized carbons (Fsp3) is 0.510. The number of piperidine rings is 1. The highest BCUT2D eigenvalue weighted by Crippen LogP contribution is 2.36. The largest absolute Gasteiger partial charge is 0.502 e. The molecule has 1 atom stereocenters. The number of carbonyl (C=O) groups is 4. The Morgan fingerprint density at radius 2 is 0.911 bits per heavy atom. The zero-order valence-corrected chi connectivity index (χ0v) is 79.4. The van der Waals surface area contributed by atoms with Gasteiger partial charge in [0.1, 0.15) is 11.5 Å². The second-order valence-corrected chi connectivity index (χ2v) is 32.1. The second kappa shape index (κ2) is 78.2. The molecule has 2 aromatic carbocycles. The van der Waals surface area contributed by atoms with Gasteiger partial charge in [-0.1, -0.05) is 139 Å². The Bertz CT molecular complexity index is 3260. The minimum atomic E-state index is -0.268. The topological polar surface area (TPSA) is 206 Å². The molecule has 0 aromatic heterocycles. The monoisotopic (exact) mass is 1720 g/mol. The summed E-state index contributed by atoms with van der Waals surface area (Å²) >= 11 is 0. The fourth-order valence-corrected chi connectivity index (χ4v) is 13.3. The Morgan fingerprint density at radius 3 is 1.23 bits per heavy atom. The first-order valence-electron chi connectivity index (χ1n) is 44.5.